The molecule has 1 aliphatic rings. The minimum atomic E-state index is -3.27. The van der Waals surface area contributed by atoms with Crippen molar-refractivity contribution in [2.75, 3.05) is 11.6 Å². The standard InChI is InChI=1S/C15H18N4O3S/c1-10-4-3-5-11(6-10)7-14(20)16-15-12-8-19(23(2,21)22)9-13(12)17-18-15/h3-6H,7-9H2,1-2H3,(H2,16,17,18,20). The normalized spacial score (nSPS) is 14.7. The van der Waals surface area contributed by atoms with Gasteiger partial charge in [-0.25, -0.2) is 8.42 Å². The molecule has 0 spiro atoms. The van der Waals surface area contributed by atoms with Gasteiger partial charge in [-0.05, 0) is 12.5 Å². The van der Waals surface area contributed by atoms with E-state index in [1.165, 1.54) is 10.6 Å². The molecule has 23 heavy (non-hydrogen) atoms. The Balaban J connectivity index is 1.70. The molecule has 0 bridgehead atoms. The van der Waals surface area contributed by atoms with E-state index in [0.717, 1.165) is 22.4 Å². The average molecular weight is 334 g/mol. The first-order chi connectivity index (χ1) is 10.8. The second-order valence-corrected chi connectivity index (χ2v) is 7.76. The van der Waals surface area contributed by atoms with Crippen LogP contribution in [0, 0.1) is 6.92 Å². The van der Waals surface area contributed by atoms with Crippen LogP contribution in [0.4, 0.5) is 5.82 Å². The molecule has 2 heterocycles. The maximum atomic E-state index is 12.2. The van der Waals surface area contributed by atoms with Crippen LogP contribution < -0.4 is 5.32 Å². The molecule has 0 unspecified atom stereocenters. The van der Waals surface area contributed by atoms with E-state index in [1.54, 1.807) is 0 Å². The van der Waals surface area contributed by atoms with Gasteiger partial charge in [0.05, 0.1) is 24.9 Å². The van der Waals surface area contributed by atoms with E-state index in [1.807, 2.05) is 31.2 Å². The minimum Gasteiger partial charge on any atom is -0.309 e. The summed E-state index contributed by atoms with van der Waals surface area (Å²) < 4.78 is 24.6. The molecule has 8 heteroatoms. The molecule has 122 valence electrons. The zero-order valence-electron chi connectivity index (χ0n) is 13.0. The van der Waals surface area contributed by atoms with Gasteiger partial charge >= 0.3 is 0 Å². The number of nitrogens with zero attached hydrogens (tertiary/aromatic N) is 2. The highest BCUT2D eigenvalue weighted by molar-refractivity contribution is 7.88. The summed E-state index contributed by atoms with van der Waals surface area (Å²) in [5.41, 5.74) is 3.47. The fraction of sp³-hybridized carbons (Fsp3) is 0.333. The molecule has 7 nitrogen and oxygen atoms in total. The van der Waals surface area contributed by atoms with Crippen LogP contribution >= 0.6 is 0 Å². The zero-order chi connectivity index (χ0) is 16.6. The maximum Gasteiger partial charge on any atom is 0.230 e. The Morgan fingerprint density at radius 3 is 2.87 bits per heavy atom. The smallest absolute Gasteiger partial charge is 0.230 e. The summed E-state index contributed by atoms with van der Waals surface area (Å²) in [5, 5.41) is 9.63. The van der Waals surface area contributed by atoms with Gasteiger partial charge in [-0.2, -0.15) is 9.40 Å². The Hall–Kier alpha value is -2.19. The third-order valence-electron chi connectivity index (χ3n) is 3.80. The number of benzene rings is 1. The monoisotopic (exact) mass is 334 g/mol. The molecule has 0 fully saturated rings. The number of rotatable bonds is 4. The van der Waals surface area contributed by atoms with Crippen molar-refractivity contribution in [3.8, 4) is 0 Å². The molecule has 0 saturated heterocycles. The Kier molecular flexibility index (Phi) is 3.95. The fourth-order valence-electron chi connectivity index (χ4n) is 2.63. The molecule has 1 aliphatic heterocycles. The lowest BCUT2D eigenvalue weighted by atomic mass is 10.1. The molecule has 0 atom stereocenters. The summed E-state index contributed by atoms with van der Waals surface area (Å²) in [6, 6.07) is 7.74. The van der Waals surface area contributed by atoms with E-state index < -0.39 is 10.0 Å². The lowest BCUT2D eigenvalue weighted by molar-refractivity contribution is -0.115. The number of carbonyl (C=O) groups is 1. The number of sulfonamides is 1. The first-order valence-corrected chi connectivity index (χ1v) is 9.04. The van der Waals surface area contributed by atoms with Crippen LogP contribution in [0.25, 0.3) is 0 Å². The molecule has 2 aromatic rings. The lowest BCUT2D eigenvalue weighted by Crippen LogP contribution is -2.24. The van der Waals surface area contributed by atoms with Gasteiger partial charge in [-0.15, -0.1) is 0 Å². The number of carbonyl (C=O) groups excluding carboxylic acids is 1. The van der Waals surface area contributed by atoms with Gasteiger partial charge in [-0.3, -0.25) is 9.89 Å². The topological polar surface area (TPSA) is 95.2 Å². The lowest BCUT2D eigenvalue weighted by Gasteiger charge is -2.11. The van der Waals surface area contributed by atoms with Gasteiger partial charge in [0.1, 0.15) is 0 Å². The molecule has 1 amide bonds. The molecular formula is C15H18N4O3S. The Morgan fingerprint density at radius 1 is 1.39 bits per heavy atom. The van der Waals surface area contributed by atoms with Crippen molar-refractivity contribution in [3.63, 3.8) is 0 Å². The van der Waals surface area contributed by atoms with Crippen LogP contribution in [-0.4, -0.2) is 35.1 Å². The Bertz CT molecular complexity index is 857. The van der Waals surface area contributed by atoms with Gasteiger partial charge in [0.25, 0.3) is 0 Å². The predicted molar refractivity (Wildman–Crippen MR) is 86.2 cm³/mol. The van der Waals surface area contributed by atoms with Crippen molar-refractivity contribution in [1.82, 2.24) is 14.5 Å². The van der Waals surface area contributed by atoms with Crippen molar-refractivity contribution in [2.24, 2.45) is 0 Å². The van der Waals surface area contributed by atoms with Crippen LogP contribution in [0.5, 0.6) is 0 Å². The summed E-state index contributed by atoms with van der Waals surface area (Å²) in [4.78, 5) is 12.2. The summed E-state index contributed by atoms with van der Waals surface area (Å²) >= 11 is 0. The van der Waals surface area contributed by atoms with Gasteiger partial charge in [0.15, 0.2) is 5.82 Å². The quantitative estimate of drug-likeness (QED) is 0.877. The van der Waals surface area contributed by atoms with Crippen molar-refractivity contribution >= 4 is 21.7 Å². The number of aromatic amines is 1. The van der Waals surface area contributed by atoms with Gasteiger partial charge in [0.2, 0.25) is 15.9 Å². The van der Waals surface area contributed by atoms with Gasteiger partial charge in [0, 0.05) is 12.1 Å². The Labute approximate surface area is 134 Å². The van der Waals surface area contributed by atoms with Crippen molar-refractivity contribution in [3.05, 3.63) is 46.6 Å². The molecule has 0 saturated carbocycles. The summed E-state index contributed by atoms with van der Waals surface area (Å²) in [5.74, 6) is 0.228. The number of H-pyrrole nitrogens is 1. The summed E-state index contributed by atoms with van der Waals surface area (Å²) in [6.45, 7) is 2.46. The number of fused-ring (bicyclic) bond motifs is 1. The number of aromatic nitrogens is 2. The van der Waals surface area contributed by atoms with E-state index in [4.69, 9.17) is 0 Å². The van der Waals surface area contributed by atoms with Crippen molar-refractivity contribution in [2.45, 2.75) is 26.4 Å². The number of nitrogens with one attached hydrogen (secondary N) is 2. The molecular weight excluding hydrogens is 316 g/mol. The number of anilines is 1. The molecule has 1 aromatic carbocycles. The minimum absolute atomic E-state index is 0.178. The van der Waals surface area contributed by atoms with Crippen LogP contribution in [0.3, 0.4) is 0 Å². The second kappa shape index (κ2) is 5.78. The SMILES string of the molecule is Cc1cccc(CC(=O)Nc2n[nH]c3c2CN(S(C)(=O)=O)C3)c1. The first-order valence-electron chi connectivity index (χ1n) is 7.19. The van der Waals surface area contributed by atoms with Crippen LogP contribution in [-0.2, 0) is 34.3 Å². The van der Waals surface area contributed by atoms with Crippen LogP contribution in [0.2, 0.25) is 0 Å². The van der Waals surface area contributed by atoms with E-state index in [9.17, 15) is 13.2 Å². The number of aryl methyl sites for hydroxylation is 1. The van der Waals surface area contributed by atoms with E-state index in [0.29, 0.717) is 5.82 Å². The van der Waals surface area contributed by atoms with Gasteiger partial charge in [-0.1, -0.05) is 29.8 Å². The summed E-state index contributed by atoms with van der Waals surface area (Å²) in [6.07, 6.45) is 1.42. The Morgan fingerprint density at radius 2 is 2.17 bits per heavy atom. The van der Waals surface area contributed by atoms with Crippen molar-refractivity contribution < 1.29 is 13.2 Å². The number of amides is 1. The van der Waals surface area contributed by atoms with E-state index >= 15 is 0 Å². The maximum absolute atomic E-state index is 12.2. The fourth-order valence-corrected chi connectivity index (χ4v) is 3.36. The average Bonchev–Trinajstić information content (AvgIpc) is 3.00. The highest BCUT2D eigenvalue weighted by Gasteiger charge is 2.30. The van der Waals surface area contributed by atoms with E-state index in [2.05, 4.69) is 15.5 Å². The third-order valence-corrected chi connectivity index (χ3v) is 4.99. The molecule has 1 aromatic heterocycles. The van der Waals surface area contributed by atoms with E-state index in [-0.39, 0.29) is 25.4 Å². The largest absolute Gasteiger partial charge is 0.309 e. The molecule has 0 radical (unpaired) electrons. The number of hydrogen-bond donors (Lipinski definition) is 2. The van der Waals surface area contributed by atoms with Crippen LogP contribution in [0.15, 0.2) is 24.3 Å². The highest BCUT2D eigenvalue weighted by Crippen LogP contribution is 2.28. The zero-order valence-corrected chi connectivity index (χ0v) is 13.8. The third kappa shape index (κ3) is 3.43. The summed E-state index contributed by atoms with van der Waals surface area (Å²) in [7, 11) is -3.27. The molecule has 2 N–H and O–H groups in total. The first kappa shape index (κ1) is 15.7. The van der Waals surface area contributed by atoms with Crippen LogP contribution in [0.1, 0.15) is 22.4 Å². The van der Waals surface area contributed by atoms with Crippen molar-refractivity contribution in [1.29, 1.82) is 0 Å². The molecule has 0 aliphatic carbocycles. The number of hydrogen-bond acceptors (Lipinski definition) is 4. The highest BCUT2D eigenvalue weighted by atomic mass is 32.2. The second-order valence-electron chi connectivity index (χ2n) is 5.77. The molecule has 3 rings (SSSR count). The predicted octanol–water partition coefficient (Wildman–Crippen LogP) is 1.17. The van der Waals surface area contributed by atoms with Gasteiger partial charge < -0.3 is 5.32 Å².